The summed E-state index contributed by atoms with van der Waals surface area (Å²) in [5.41, 5.74) is 11.3. The zero-order valence-corrected chi connectivity index (χ0v) is 14.5. The number of nitrogens with one attached hydrogen (secondary N) is 1. The molecule has 0 fully saturated rings. The zero-order valence-electron chi connectivity index (χ0n) is 14.5. The molecule has 3 rings (SSSR count). The number of aliphatic imine (C=N–C) groups is 1. The number of ether oxygens (including phenoxy) is 1. The van der Waals surface area contributed by atoms with Gasteiger partial charge in [0.15, 0.2) is 0 Å². The number of benzene rings is 1. The minimum atomic E-state index is 0.543. The van der Waals surface area contributed by atoms with E-state index in [0.717, 1.165) is 41.4 Å². The van der Waals surface area contributed by atoms with Crippen molar-refractivity contribution < 1.29 is 4.74 Å². The Kier molecular flexibility index (Phi) is 4.60. The maximum atomic E-state index is 6.27. The first-order valence-electron chi connectivity index (χ1n) is 8.32. The Balaban J connectivity index is 2.02. The summed E-state index contributed by atoms with van der Waals surface area (Å²) in [6.45, 7) is 7.71. The second kappa shape index (κ2) is 6.83. The van der Waals surface area contributed by atoms with E-state index in [1.165, 1.54) is 5.57 Å². The van der Waals surface area contributed by atoms with Gasteiger partial charge in [0.05, 0.1) is 17.1 Å². The van der Waals surface area contributed by atoms with Gasteiger partial charge in [0.25, 0.3) is 0 Å². The summed E-state index contributed by atoms with van der Waals surface area (Å²) >= 11 is 0. The number of nitrogens with two attached hydrogens (primary N) is 1. The Bertz CT molecular complexity index is 759. The quantitative estimate of drug-likeness (QED) is 0.890. The van der Waals surface area contributed by atoms with Gasteiger partial charge in [-0.2, -0.15) is 0 Å². The fourth-order valence-corrected chi connectivity index (χ4v) is 2.86. The van der Waals surface area contributed by atoms with Gasteiger partial charge in [-0.15, -0.1) is 0 Å². The van der Waals surface area contributed by atoms with Crippen molar-refractivity contribution in [1.29, 1.82) is 0 Å². The van der Waals surface area contributed by atoms with Crippen LogP contribution >= 0.6 is 0 Å². The molecule has 0 aliphatic carbocycles. The van der Waals surface area contributed by atoms with Crippen LogP contribution in [0.3, 0.4) is 0 Å². The van der Waals surface area contributed by atoms with Crippen molar-refractivity contribution in [2.75, 3.05) is 18.5 Å². The highest BCUT2D eigenvalue weighted by molar-refractivity contribution is 6.02. The maximum absolute atomic E-state index is 6.27. The molecule has 3 N–H and O–H groups in total. The molecule has 1 aromatic carbocycles. The van der Waals surface area contributed by atoms with Gasteiger partial charge in [-0.3, -0.25) is 0 Å². The molecule has 24 heavy (non-hydrogen) atoms. The Hall–Kier alpha value is -2.69. The van der Waals surface area contributed by atoms with Crippen LogP contribution in [0.5, 0.6) is 5.75 Å². The van der Waals surface area contributed by atoms with Crippen LogP contribution in [0, 0.1) is 0 Å². The molecule has 0 unspecified atom stereocenters. The van der Waals surface area contributed by atoms with E-state index < -0.39 is 0 Å². The minimum Gasteiger partial charge on any atom is -0.490 e. The first kappa shape index (κ1) is 16.2. The Morgan fingerprint density at radius 1 is 1.46 bits per heavy atom. The van der Waals surface area contributed by atoms with Crippen molar-refractivity contribution in [1.82, 2.24) is 4.90 Å². The first-order chi connectivity index (χ1) is 11.6. The molecule has 0 aromatic heterocycles. The van der Waals surface area contributed by atoms with Gasteiger partial charge in [0.2, 0.25) is 0 Å². The van der Waals surface area contributed by atoms with Gasteiger partial charge in [-0.25, -0.2) is 4.99 Å². The fourth-order valence-electron chi connectivity index (χ4n) is 2.86. The summed E-state index contributed by atoms with van der Waals surface area (Å²) in [6.07, 6.45) is 6.95. The van der Waals surface area contributed by atoms with Crippen LogP contribution in [-0.2, 0) is 0 Å². The lowest BCUT2D eigenvalue weighted by molar-refractivity contribution is 0.323. The van der Waals surface area contributed by atoms with Crippen LogP contribution < -0.4 is 15.8 Å². The van der Waals surface area contributed by atoms with E-state index in [4.69, 9.17) is 10.5 Å². The van der Waals surface area contributed by atoms with E-state index in [1.807, 2.05) is 43.6 Å². The largest absolute Gasteiger partial charge is 0.490 e. The predicted molar refractivity (Wildman–Crippen MR) is 99.7 cm³/mol. The van der Waals surface area contributed by atoms with Crippen molar-refractivity contribution in [3.8, 4) is 5.75 Å². The summed E-state index contributed by atoms with van der Waals surface area (Å²) in [5, 5.41) is 3.33. The number of rotatable bonds is 3. The molecule has 126 valence electrons. The topological polar surface area (TPSA) is 62.9 Å². The average Bonchev–Trinajstić information content (AvgIpc) is 2.60. The lowest BCUT2D eigenvalue weighted by Gasteiger charge is -2.27. The molecule has 5 nitrogen and oxygen atoms in total. The van der Waals surface area contributed by atoms with E-state index in [2.05, 4.69) is 29.1 Å². The van der Waals surface area contributed by atoms with E-state index in [9.17, 15) is 0 Å². The molecule has 0 spiro atoms. The van der Waals surface area contributed by atoms with E-state index in [-0.39, 0.29) is 0 Å². The molecule has 0 amide bonds. The van der Waals surface area contributed by atoms with E-state index >= 15 is 0 Å². The molecule has 0 saturated carbocycles. The third-order valence-electron chi connectivity index (χ3n) is 4.20. The molecule has 1 aromatic rings. The van der Waals surface area contributed by atoms with Gasteiger partial charge in [0, 0.05) is 24.5 Å². The smallest absolute Gasteiger partial charge is 0.148 e. The van der Waals surface area contributed by atoms with Crippen LogP contribution in [0.25, 0.3) is 5.70 Å². The van der Waals surface area contributed by atoms with Crippen molar-refractivity contribution in [2.45, 2.75) is 27.2 Å². The summed E-state index contributed by atoms with van der Waals surface area (Å²) in [6, 6.07) is 6.08. The Morgan fingerprint density at radius 3 is 3.04 bits per heavy atom. The molecule has 2 heterocycles. The highest BCUT2D eigenvalue weighted by Gasteiger charge is 2.20. The monoisotopic (exact) mass is 324 g/mol. The summed E-state index contributed by atoms with van der Waals surface area (Å²) in [7, 11) is 0. The second-order valence-electron chi connectivity index (χ2n) is 5.87. The lowest BCUT2D eigenvalue weighted by atomic mass is 10.1. The van der Waals surface area contributed by atoms with Crippen LogP contribution in [0.15, 0.2) is 52.9 Å². The van der Waals surface area contributed by atoms with Crippen LogP contribution in [0.1, 0.15) is 32.8 Å². The SMILES string of the molecule is C/C=C\N1C=C(c2ccc3c(c2)OCCN3)N=C(N)/C1=C(/C)CC. The number of nitrogens with zero attached hydrogens (tertiary/aromatic N) is 2. The molecule has 0 atom stereocenters. The first-order valence-corrected chi connectivity index (χ1v) is 8.32. The highest BCUT2D eigenvalue weighted by atomic mass is 16.5. The molecular formula is C19H24N4O. The maximum Gasteiger partial charge on any atom is 0.148 e. The summed E-state index contributed by atoms with van der Waals surface area (Å²) in [4.78, 5) is 6.68. The Morgan fingerprint density at radius 2 is 2.29 bits per heavy atom. The lowest BCUT2D eigenvalue weighted by Crippen LogP contribution is -2.29. The van der Waals surface area contributed by atoms with Crippen molar-refractivity contribution >= 4 is 17.2 Å². The normalized spacial score (nSPS) is 19.2. The van der Waals surface area contributed by atoms with E-state index in [1.54, 1.807) is 0 Å². The molecule has 2 aliphatic heterocycles. The molecule has 0 saturated heterocycles. The van der Waals surface area contributed by atoms with Crippen molar-refractivity contribution in [3.05, 3.63) is 53.5 Å². The molecule has 0 bridgehead atoms. The molecule has 0 radical (unpaired) electrons. The zero-order chi connectivity index (χ0) is 17.1. The van der Waals surface area contributed by atoms with Gasteiger partial charge in [0.1, 0.15) is 18.2 Å². The third-order valence-corrected chi connectivity index (χ3v) is 4.20. The summed E-state index contributed by atoms with van der Waals surface area (Å²) < 4.78 is 5.73. The molecule has 5 heteroatoms. The second-order valence-corrected chi connectivity index (χ2v) is 5.87. The standard InChI is InChI=1S/C19H24N4O/c1-4-9-23-12-16(22-19(20)18(23)13(3)5-2)14-6-7-15-17(11-14)24-10-8-21-15/h4,6-7,9,11-12,21H,5,8,10H2,1-3H3,(H2,20,22)/b9-4-,18-13+. The van der Waals surface area contributed by atoms with Crippen LogP contribution in [0.2, 0.25) is 0 Å². The number of hydrogen-bond donors (Lipinski definition) is 2. The third kappa shape index (κ3) is 3.02. The number of allylic oxidation sites excluding steroid dienone is 2. The minimum absolute atomic E-state index is 0.543. The average molecular weight is 324 g/mol. The van der Waals surface area contributed by atoms with Crippen molar-refractivity contribution in [2.24, 2.45) is 10.7 Å². The van der Waals surface area contributed by atoms with Crippen LogP contribution in [-0.4, -0.2) is 23.9 Å². The highest BCUT2D eigenvalue weighted by Crippen LogP contribution is 2.33. The Labute approximate surface area is 143 Å². The molecular weight excluding hydrogens is 300 g/mol. The number of fused-ring (bicyclic) bond motifs is 1. The molecule has 2 aliphatic rings. The van der Waals surface area contributed by atoms with Gasteiger partial charge in [-0.05, 0) is 38.0 Å². The number of anilines is 1. The van der Waals surface area contributed by atoms with Crippen molar-refractivity contribution in [3.63, 3.8) is 0 Å². The van der Waals surface area contributed by atoms with E-state index in [0.29, 0.717) is 12.4 Å². The summed E-state index contributed by atoms with van der Waals surface area (Å²) in [5.74, 6) is 1.40. The van der Waals surface area contributed by atoms with Gasteiger partial charge in [-0.1, -0.05) is 19.1 Å². The van der Waals surface area contributed by atoms with Gasteiger partial charge < -0.3 is 20.7 Å². The van der Waals surface area contributed by atoms with Crippen LogP contribution in [0.4, 0.5) is 5.69 Å². The van der Waals surface area contributed by atoms with Gasteiger partial charge >= 0.3 is 0 Å². The predicted octanol–water partition coefficient (Wildman–Crippen LogP) is 3.68. The fraction of sp³-hybridized carbons (Fsp3) is 0.316. The number of amidine groups is 1. The number of hydrogen-bond acceptors (Lipinski definition) is 5.